The number of likely N-dealkylation sites (tertiary alicyclic amines) is 1. The lowest BCUT2D eigenvalue weighted by Gasteiger charge is -2.40. The van der Waals surface area contributed by atoms with Crippen molar-refractivity contribution in [2.75, 3.05) is 32.8 Å². The summed E-state index contributed by atoms with van der Waals surface area (Å²) in [6, 6.07) is -1.16. The minimum Gasteiger partial charge on any atom is -0.394 e. The van der Waals surface area contributed by atoms with Gasteiger partial charge in [0.1, 0.15) is 6.04 Å². The highest BCUT2D eigenvalue weighted by molar-refractivity contribution is 8.02. The van der Waals surface area contributed by atoms with Crippen LogP contribution >= 0.6 is 11.8 Å². The van der Waals surface area contributed by atoms with Crippen molar-refractivity contribution in [3.05, 3.63) is 25.3 Å². The molecular formula is C31H51N3O4S. The van der Waals surface area contributed by atoms with E-state index in [1.807, 2.05) is 16.7 Å². The van der Waals surface area contributed by atoms with Crippen molar-refractivity contribution in [3.8, 4) is 0 Å². The van der Waals surface area contributed by atoms with Crippen molar-refractivity contribution in [2.24, 2.45) is 17.8 Å². The Kier molecular flexibility index (Phi) is 10.8. The molecule has 3 amide bonds. The zero-order chi connectivity index (χ0) is 29.0. The quantitative estimate of drug-likeness (QED) is 0.222. The maximum Gasteiger partial charge on any atom is 0.247 e. The Morgan fingerprint density at radius 2 is 1.72 bits per heavy atom. The predicted octanol–water partition coefficient (Wildman–Crippen LogP) is 4.50. The van der Waals surface area contributed by atoms with Crippen LogP contribution in [0, 0.1) is 17.8 Å². The molecule has 6 atom stereocenters. The molecule has 3 fully saturated rings. The molecule has 2 unspecified atom stereocenters. The molecule has 0 aromatic rings. The summed E-state index contributed by atoms with van der Waals surface area (Å²) in [5, 5.41) is 10.5. The van der Waals surface area contributed by atoms with Crippen molar-refractivity contribution in [1.29, 1.82) is 0 Å². The van der Waals surface area contributed by atoms with Gasteiger partial charge in [0.25, 0.3) is 0 Å². The number of amides is 3. The minimum atomic E-state index is -0.698. The normalized spacial score (nSPS) is 30.0. The fourth-order valence-electron chi connectivity index (χ4n) is 7.32. The van der Waals surface area contributed by atoms with E-state index in [4.69, 9.17) is 0 Å². The standard InChI is InChI=1S/C31H51N3O4S/c1-8-12-13-19-33(18-11-4)29(38)26-31-15-14-30(7,39-31)24(27(36)32(16-9-2)17-10-3)25(31)28(37)34(26)23(21-35)20-22(5)6/h9,11,22-26,35H,2,4,8,10,12-21H2,1,3,5-7H3/t23-,24+,25+,26?,30-,31?/m1/s1. The number of aliphatic hydroxyl groups excluding tert-OH is 1. The van der Waals surface area contributed by atoms with Gasteiger partial charge in [0.15, 0.2) is 0 Å². The maximum atomic E-state index is 14.5. The lowest BCUT2D eigenvalue weighted by molar-refractivity contribution is -0.148. The molecule has 2 bridgehead atoms. The van der Waals surface area contributed by atoms with E-state index in [0.29, 0.717) is 39.0 Å². The van der Waals surface area contributed by atoms with Crippen LogP contribution in [0.5, 0.6) is 0 Å². The molecule has 3 rings (SSSR count). The van der Waals surface area contributed by atoms with Crippen LogP contribution in [0.1, 0.15) is 79.6 Å². The molecule has 0 aromatic heterocycles. The molecule has 1 N–H and O–H groups in total. The highest BCUT2D eigenvalue weighted by Gasteiger charge is 2.78. The molecule has 3 heterocycles. The third-order valence-electron chi connectivity index (χ3n) is 8.91. The Balaban J connectivity index is 2.11. The van der Waals surface area contributed by atoms with Crippen LogP contribution in [0.2, 0.25) is 0 Å². The van der Waals surface area contributed by atoms with Crippen molar-refractivity contribution >= 4 is 29.5 Å². The molecule has 3 aliphatic heterocycles. The van der Waals surface area contributed by atoms with Crippen LogP contribution in [0.3, 0.4) is 0 Å². The summed E-state index contributed by atoms with van der Waals surface area (Å²) in [4.78, 5) is 48.6. The third kappa shape index (κ3) is 5.83. The van der Waals surface area contributed by atoms with Crippen molar-refractivity contribution in [2.45, 2.75) is 101 Å². The highest BCUT2D eigenvalue weighted by atomic mass is 32.2. The highest BCUT2D eigenvalue weighted by Crippen LogP contribution is 2.72. The largest absolute Gasteiger partial charge is 0.394 e. The number of carbonyl (C=O) groups is 3. The number of thioether (sulfide) groups is 1. The van der Waals surface area contributed by atoms with Gasteiger partial charge in [-0.25, -0.2) is 0 Å². The first kappa shape index (κ1) is 31.7. The van der Waals surface area contributed by atoms with Gasteiger partial charge in [0.05, 0.1) is 29.2 Å². The Morgan fingerprint density at radius 1 is 1.08 bits per heavy atom. The molecule has 1 spiro atoms. The Bertz CT molecular complexity index is 926. The summed E-state index contributed by atoms with van der Waals surface area (Å²) >= 11 is 1.71. The smallest absolute Gasteiger partial charge is 0.247 e. The molecule has 3 aliphatic rings. The van der Waals surface area contributed by atoms with Crippen molar-refractivity contribution in [3.63, 3.8) is 0 Å². The van der Waals surface area contributed by atoms with E-state index in [1.54, 1.807) is 28.8 Å². The molecule has 39 heavy (non-hydrogen) atoms. The second kappa shape index (κ2) is 13.2. The number of carbonyl (C=O) groups excluding carboxylic acids is 3. The van der Waals surface area contributed by atoms with E-state index >= 15 is 0 Å². The Labute approximate surface area is 240 Å². The molecular weight excluding hydrogens is 510 g/mol. The van der Waals surface area contributed by atoms with Gasteiger partial charge < -0.3 is 19.8 Å². The van der Waals surface area contributed by atoms with E-state index in [1.165, 1.54) is 0 Å². The van der Waals surface area contributed by atoms with Crippen LogP contribution in [-0.2, 0) is 14.4 Å². The average molecular weight is 562 g/mol. The molecule has 0 aromatic carbocycles. The van der Waals surface area contributed by atoms with Crippen molar-refractivity contribution in [1.82, 2.24) is 14.7 Å². The monoisotopic (exact) mass is 561 g/mol. The SMILES string of the molecule is C=CCN(CCCCC)C(=O)C1N([C@@H](CO)CC(C)C)C(=O)[C@@H]2[C@@H](C(=O)N(CC=C)CCC)[C@@]3(C)CCC12S3. The Morgan fingerprint density at radius 3 is 2.26 bits per heavy atom. The maximum absolute atomic E-state index is 14.5. The number of fused-ring (bicyclic) bond motifs is 1. The van der Waals surface area contributed by atoms with Crippen LogP contribution < -0.4 is 0 Å². The van der Waals surface area contributed by atoms with Gasteiger partial charge in [0.2, 0.25) is 17.7 Å². The first-order valence-electron chi connectivity index (χ1n) is 15.0. The van der Waals surface area contributed by atoms with E-state index in [2.05, 4.69) is 40.9 Å². The second-order valence-corrected chi connectivity index (χ2v) is 14.2. The topological polar surface area (TPSA) is 81.2 Å². The summed E-state index contributed by atoms with van der Waals surface area (Å²) in [5.74, 6) is -1.04. The first-order valence-corrected chi connectivity index (χ1v) is 15.8. The first-order chi connectivity index (χ1) is 18.6. The van der Waals surface area contributed by atoms with Gasteiger partial charge in [-0.2, -0.15) is 0 Å². The van der Waals surface area contributed by atoms with E-state index < -0.39 is 33.4 Å². The number of aliphatic hydroxyl groups is 1. The molecule has 0 saturated carbocycles. The molecule has 220 valence electrons. The number of nitrogens with zero attached hydrogens (tertiary/aromatic N) is 3. The number of rotatable bonds is 16. The number of unbranched alkanes of at least 4 members (excludes halogenated alkanes) is 2. The molecule has 7 nitrogen and oxygen atoms in total. The van der Waals surface area contributed by atoms with Gasteiger partial charge in [0, 0.05) is 30.9 Å². The van der Waals surface area contributed by atoms with E-state index in [9.17, 15) is 19.5 Å². The van der Waals surface area contributed by atoms with Gasteiger partial charge in [-0.15, -0.1) is 24.9 Å². The lowest BCUT2D eigenvalue weighted by Crippen LogP contribution is -2.57. The van der Waals surface area contributed by atoms with E-state index in [-0.39, 0.29) is 30.2 Å². The predicted molar refractivity (Wildman–Crippen MR) is 159 cm³/mol. The third-order valence-corrected chi connectivity index (χ3v) is 10.9. The van der Waals surface area contributed by atoms with Crippen LogP contribution in [0.4, 0.5) is 0 Å². The zero-order valence-corrected chi connectivity index (χ0v) is 25.7. The summed E-state index contributed by atoms with van der Waals surface area (Å²) in [7, 11) is 0. The zero-order valence-electron chi connectivity index (χ0n) is 24.9. The van der Waals surface area contributed by atoms with Crippen molar-refractivity contribution < 1.29 is 19.5 Å². The number of hydrogen-bond donors (Lipinski definition) is 1. The van der Waals surface area contributed by atoms with Crippen LogP contribution in [0.15, 0.2) is 25.3 Å². The minimum absolute atomic E-state index is 0.00461. The van der Waals surface area contributed by atoms with Gasteiger partial charge in [-0.1, -0.05) is 52.7 Å². The average Bonchev–Trinajstić information content (AvgIpc) is 3.46. The lowest BCUT2D eigenvalue weighted by atomic mass is 9.66. The summed E-state index contributed by atoms with van der Waals surface area (Å²) in [6.07, 6.45) is 9.39. The van der Waals surface area contributed by atoms with Crippen LogP contribution in [0.25, 0.3) is 0 Å². The molecule has 0 aliphatic carbocycles. The number of hydrogen-bond acceptors (Lipinski definition) is 5. The summed E-state index contributed by atoms with van der Waals surface area (Å²) < 4.78 is -1.09. The van der Waals surface area contributed by atoms with Gasteiger partial charge in [-0.3, -0.25) is 14.4 Å². The fraction of sp³-hybridized carbons (Fsp3) is 0.774. The van der Waals surface area contributed by atoms with E-state index in [0.717, 1.165) is 32.1 Å². The Hall–Kier alpha value is -1.80. The van der Waals surface area contributed by atoms with Gasteiger partial charge >= 0.3 is 0 Å². The fourth-order valence-corrected chi connectivity index (χ4v) is 9.65. The summed E-state index contributed by atoms with van der Waals surface area (Å²) in [6.45, 7) is 20.1. The molecule has 3 saturated heterocycles. The van der Waals surface area contributed by atoms with Crippen LogP contribution in [-0.4, -0.2) is 91.9 Å². The summed E-state index contributed by atoms with van der Waals surface area (Å²) in [5.41, 5.74) is 0. The molecule has 8 heteroatoms. The van der Waals surface area contributed by atoms with Gasteiger partial charge in [-0.05, 0) is 44.9 Å². The second-order valence-electron chi connectivity index (χ2n) is 12.3. The molecule has 0 radical (unpaired) electrons.